The van der Waals surface area contributed by atoms with Crippen molar-refractivity contribution in [3.63, 3.8) is 0 Å². The third-order valence-electron chi connectivity index (χ3n) is 12.4. The molecule has 3 aromatic rings. The highest BCUT2D eigenvalue weighted by Crippen LogP contribution is 2.48. The summed E-state index contributed by atoms with van der Waals surface area (Å²) in [6.45, 7) is 7.55. The van der Waals surface area contributed by atoms with Gasteiger partial charge in [0.15, 0.2) is 0 Å². The topological polar surface area (TPSA) is 91.9 Å². The van der Waals surface area contributed by atoms with E-state index >= 15 is 0 Å². The summed E-state index contributed by atoms with van der Waals surface area (Å²) < 4.78 is 101. The van der Waals surface area contributed by atoms with Crippen molar-refractivity contribution in [2.45, 2.75) is 87.9 Å². The Labute approximate surface area is 379 Å². The van der Waals surface area contributed by atoms with E-state index < -0.39 is 52.2 Å². The Balaban J connectivity index is 1.13. The largest absolute Gasteiger partial charge is 0.444 e. The van der Waals surface area contributed by atoms with Gasteiger partial charge in [-0.3, -0.25) is 9.59 Å². The molecule has 1 spiro atoms. The molecule has 0 radical (unpaired) electrons. The molecule has 0 N–H and O–H groups in total. The number of alkyl halides is 6. The van der Waals surface area contributed by atoms with Crippen LogP contribution in [0, 0.1) is 0 Å². The molecule has 0 unspecified atom stereocenters. The number of carbonyl (C=O) groups is 3. The fourth-order valence-electron chi connectivity index (χ4n) is 8.93. The molecule has 2 heterocycles. The Hall–Kier alpha value is -4.09. The van der Waals surface area contributed by atoms with Crippen molar-refractivity contribution in [2.24, 2.45) is 0 Å². The number of ether oxygens (including phenoxy) is 3. The monoisotopic (exact) mass is 942 g/mol. The van der Waals surface area contributed by atoms with Crippen molar-refractivity contribution < 1.29 is 54.9 Å². The zero-order valence-electron chi connectivity index (χ0n) is 36.5. The fourth-order valence-corrected chi connectivity index (χ4v) is 9.23. The summed E-state index contributed by atoms with van der Waals surface area (Å²) in [5.74, 6) is -1.17. The molecule has 1 aliphatic carbocycles. The summed E-state index contributed by atoms with van der Waals surface area (Å²) in [6, 6.07) is 13.9. The molecule has 3 aromatic carbocycles. The number of amides is 3. The average Bonchev–Trinajstić information content (AvgIpc) is 3.53. The van der Waals surface area contributed by atoms with E-state index in [1.807, 2.05) is 12.1 Å². The molecule has 6 rings (SSSR count). The first-order valence-electron chi connectivity index (χ1n) is 21.2. The number of hydrogen-bond donors (Lipinski definition) is 0. The van der Waals surface area contributed by atoms with Gasteiger partial charge in [0, 0.05) is 51.3 Å². The zero-order valence-corrected chi connectivity index (χ0v) is 38.0. The van der Waals surface area contributed by atoms with Gasteiger partial charge in [0.25, 0.3) is 5.91 Å². The molecule has 18 heteroatoms. The highest BCUT2D eigenvalue weighted by molar-refractivity contribution is 6.42. The number of benzene rings is 3. The lowest BCUT2D eigenvalue weighted by atomic mass is 9.72. The summed E-state index contributed by atoms with van der Waals surface area (Å²) in [5, 5.41) is 0.471. The number of fused-ring (bicyclic) bond motifs is 2. The number of morpholine rings is 1. The van der Waals surface area contributed by atoms with Crippen LogP contribution in [0.2, 0.25) is 10.0 Å². The first kappa shape index (κ1) is 49.3. The standard InChI is InChI=1S/C46H54Cl2F6N4O6/c1-42(2,3)64-41(61)56(5)17-8-16-55(4)39(59)28-62-38-25-30-9-6-7-10-35(30)43(38)13-18-57(19-14-43)20-15-44(32-11-12-36(47)37(48)27-32)29-58(21-22-63-44)40(60)31-23-33(45(49,50)51)26-34(24-31)46(52,53)54/h6-7,9-12,23-24,26-27,38H,8,13-22,25,28-29H2,1-5H3/t38-,44-/m0/s1. The van der Waals surface area contributed by atoms with Gasteiger partial charge >= 0.3 is 18.4 Å². The molecule has 3 aliphatic rings. The molecule has 0 saturated carbocycles. The highest BCUT2D eigenvalue weighted by atomic mass is 35.5. The van der Waals surface area contributed by atoms with Crippen molar-refractivity contribution >= 4 is 41.1 Å². The van der Waals surface area contributed by atoms with Crippen molar-refractivity contribution in [2.75, 3.05) is 73.1 Å². The number of piperidine rings is 1. The van der Waals surface area contributed by atoms with Crippen LogP contribution in [0.5, 0.6) is 0 Å². The molecular weight excluding hydrogens is 889 g/mol. The van der Waals surface area contributed by atoms with Crippen LogP contribution in [-0.2, 0) is 48.8 Å². The fraction of sp³-hybridized carbons (Fsp3) is 0.543. The van der Waals surface area contributed by atoms with E-state index in [0.29, 0.717) is 82.5 Å². The Kier molecular flexibility index (Phi) is 15.0. The molecule has 3 amide bonds. The number of carbonyl (C=O) groups excluding carboxylic acids is 3. The Bertz CT molecular complexity index is 2140. The van der Waals surface area contributed by atoms with E-state index in [0.717, 1.165) is 5.56 Å². The number of halogens is 8. The number of rotatable bonds is 12. The van der Waals surface area contributed by atoms with Crippen LogP contribution in [0.1, 0.15) is 84.6 Å². The van der Waals surface area contributed by atoms with Crippen molar-refractivity contribution in [3.8, 4) is 0 Å². The normalized spacial score (nSPS) is 20.3. The SMILES string of the molecule is CN(CCCN(C)C(=O)OC(C)(C)C)C(=O)CO[C@H]1Cc2ccccc2C12CCN(CC[C@@]1(c3ccc(Cl)c(Cl)c3)CN(C(=O)c3cc(C(F)(F)F)cc(C(F)(F)F)c3)CCO1)CC2. The van der Waals surface area contributed by atoms with Crippen LogP contribution in [0.15, 0.2) is 60.7 Å². The number of likely N-dealkylation sites (tertiary alicyclic amines) is 1. The van der Waals surface area contributed by atoms with Crippen molar-refractivity contribution in [1.82, 2.24) is 19.6 Å². The van der Waals surface area contributed by atoms with Crippen LogP contribution in [0.4, 0.5) is 31.1 Å². The van der Waals surface area contributed by atoms with Gasteiger partial charge in [-0.15, -0.1) is 0 Å². The molecule has 2 fully saturated rings. The van der Waals surface area contributed by atoms with Gasteiger partial charge in [-0.05, 0) is 113 Å². The Morgan fingerprint density at radius 3 is 2.11 bits per heavy atom. The number of likely N-dealkylation sites (N-methyl/N-ethyl adjacent to an activating group) is 1. The van der Waals surface area contributed by atoms with Gasteiger partial charge in [0.1, 0.15) is 17.8 Å². The van der Waals surface area contributed by atoms with Gasteiger partial charge in [-0.25, -0.2) is 4.79 Å². The summed E-state index contributed by atoms with van der Waals surface area (Å²) in [4.78, 5) is 46.1. The van der Waals surface area contributed by atoms with Crippen LogP contribution < -0.4 is 0 Å². The average molecular weight is 944 g/mol. The van der Waals surface area contributed by atoms with Gasteiger partial charge in [-0.2, -0.15) is 26.3 Å². The molecule has 2 atom stereocenters. The second-order valence-electron chi connectivity index (χ2n) is 18.0. The Morgan fingerprint density at radius 2 is 1.48 bits per heavy atom. The molecule has 2 aliphatic heterocycles. The predicted octanol–water partition coefficient (Wildman–Crippen LogP) is 9.48. The maximum absolute atomic E-state index is 13.9. The van der Waals surface area contributed by atoms with E-state index in [-0.39, 0.29) is 59.8 Å². The predicted molar refractivity (Wildman–Crippen MR) is 229 cm³/mol. The van der Waals surface area contributed by atoms with E-state index in [1.165, 1.54) is 15.4 Å². The second kappa shape index (κ2) is 19.4. The lowest BCUT2D eigenvalue weighted by molar-refractivity contribution is -0.143. The van der Waals surface area contributed by atoms with Crippen LogP contribution in [-0.4, -0.2) is 122 Å². The summed E-state index contributed by atoms with van der Waals surface area (Å²) in [6.07, 6.45) is -8.04. The minimum atomic E-state index is -5.12. The first-order valence-corrected chi connectivity index (χ1v) is 22.0. The van der Waals surface area contributed by atoms with E-state index in [2.05, 4.69) is 17.0 Å². The minimum Gasteiger partial charge on any atom is -0.444 e. The number of nitrogens with zero attached hydrogens (tertiary/aromatic N) is 4. The summed E-state index contributed by atoms with van der Waals surface area (Å²) in [7, 11) is 3.37. The smallest absolute Gasteiger partial charge is 0.416 e. The van der Waals surface area contributed by atoms with Crippen molar-refractivity contribution in [3.05, 3.63) is 104 Å². The van der Waals surface area contributed by atoms with Crippen molar-refractivity contribution in [1.29, 1.82) is 0 Å². The van der Waals surface area contributed by atoms with E-state index in [9.17, 15) is 40.7 Å². The van der Waals surface area contributed by atoms with E-state index in [4.69, 9.17) is 37.4 Å². The van der Waals surface area contributed by atoms with Gasteiger partial charge in [0.05, 0.1) is 40.4 Å². The second-order valence-corrected chi connectivity index (χ2v) is 18.8. The first-order chi connectivity index (χ1) is 29.9. The van der Waals surface area contributed by atoms with E-state index in [1.54, 1.807) is 58.0 Å². The molecule has 10 nitrogen and oxygen atoms in total. The number of hydrogen-bond acceptors (Lipinski definition) is 7. The lowest BCUT2D eigenvalue weighted by Crippen LogP contribution is -2.54. The third-order valence-corrected chi connectivity index (χ3v) is 13.2. The van der Waals surface area contributed by atoms with Gasteiger partial charge in [0.2, 0.25) is 5.91 Å². The molecular formula is C46H54Cl2F6N4O6. The molecule has 0 bridgehead atoms. The summed E-state index contributed by atoms with van der Waals surface area (Å²) >= 11 is 12.7. The maximum atomic E-state index is 13.9. The quantitative estimate of drug-likeness (QED) is 0.167. The van der Waals surface area contributed by atoms with Crippen LogP contribution in [0.25, 0.3) is 0 Å². The molecule has 2 saturated heterocycles. The molecule has 64 heavy (non-hydrogen) atoms. The zero-order chi connectivity index (χ0) is 46.8. The molecule has 350 valence electrons. The van der Waals surface area contributed by atoms with Crippen LogP contribution >= 0.6 is 23.2 Å². The third kappa shape index (κ3) is 11.5. The maximum Gasteiger partial charge on any atom is 0.416 e. The molecule has 0 aromatic heterocycles. The Morgan fingerprint density at radius 1 is 0.844 bits per heavy atom. The van der Waals surface area contributed by atoms with Gasteiger partial charge < -0.3 is 33.8 Å². The lowest BCUT2D eigenvalue weighted by Gasteiger charge is -2.46. The highest BCUT2D eigenvalue weighted by Gasteiger charge is 2.50. The van der Waals surface area contributed by atoms with Gasteiger partial charge in [-0.1, -0.05) is 53.5 Å². The minimum absolute atomic E-state index is 0.00462. The summed E-state index contributed by atoms with van der Waals surface area (Å²) in [5.41, 5.74) is -3.21. The van der Waals surface area contributed by atoms with Crippen LogP contribution in [0.3, 0.4) is 0 Å².